The zero-order valence-corrected chi connectivity index (χ0v) is 33.4. The highest BCUT2D eigenvalue weighted by molar-refractivity contribution is 6.18. The fourth-order valence-electron chi connectivity index (χ4n) is 8.53. The second-order valence-corrected chi connectivity index (χ2v) is 15.6. The average molecular weight is 825 g/mol. The van der Waals surface area contributed by atoms with Crippen molar-refractivity contribution in [3.63, 3.8) is 0 Å². The molecule has 0 radical (unpaired) electrons. The molecule has 9 aromatic carbocycles. The summed E-state index contributed by atoms with van der Waals surface area (Å²) in [5, 5.41) is 17.1. The minimum atomic E-state index is -4.46. The molecule has 9 heteroatoms. The number of benzene rings is 9. The van der Waals surface area contributed by atoms with Crippen LogP contribution in [0.1, 0.15) is 16.7 Å². The summed E-state index contributed by atoms with van der Waals surface area (Å²) in [4.78, 5) is 7.63. The molecule has 6 nitrogen and oxygen atoms in total. The Morgan fingerprint density at radius 2 is 0.873 bits per heavy atom. The first-order chi connectivity index (χ1) is 30.6. The van der Waals surface area contributed by atoms with Gasteiger partial charge < -0.3 is 18.6 Å². The van der Waals surface area contributed by atoms with Crippen molar-refractivity contribution < 1.29 is 22.0 Å². The van der Waals surface area contributed by atoms with E-state index in [0.717, 1.165) is 89.1 Å². The van der Waals surface area contributed by atoms with Crippen molar-refractivity contribution in [1.29, 1.82) is 5.26 Å². The molecule has 0 bridgehead atoms. The maximum absolute atomic E-state index is 13.5. The molecule has 11 aromatic rings. The summed E-state index contributed by atoms with van der Waals surface area (Å²) < 4.78 is 53.6. The van der Waals surface area contributed by atoms with Gasteiger partial charge in [0.25, 0.3) is 0 Å². The van der Waals surface area contributed by atoms with Crippen LogP contribution in [0.5, 0.6) is 0 Å². The van der Waals surface area contributed by atoms with Crippen LogP contribution in [0.25, 0.3) is 70.3 Å². The highest BCUT2D eigenvalue weighted by atomic mass is 19.4. The lowest BCUT2D eigenvalue weighted by Gasteiger charge is -2.26. The van der Waals surface area contributed by atoms with Crippen LogP contribution in [0.15, 0.2) is 179 Å². The van der Waals surface area contributed by atoms with Crippen molar-refractivity contribution in [1.82, 2.24) is 0 Å². The summed E-state index contributed by atoms with van der Waals surface area (Å²) in [5.41, 5.74) is 9.27. The lowest BCUT2D eigenvalue weighted by molar-refractivity contribution is -0.137. The summed E-state index contributed by atoms with van der Waals surface area (Å²) in [7, 11) is 0. The predicted octanol–water partition coefficient (Wildman–Crippen LogP) is 16.5. The Hall–Kier alpha value is -8.53. The van der Waals surface area contributed by atoms with Gasteiger partial charge in [-0.3, -0.25) is 0 Å². The molecule has 0 fully saturated rings. The van der Waals surface area contributed by atoms with Crippen LogP contribution >= 0.6 is 0 Å². The maximum Gasteiger partial charge on any atom is 0.416 e. The fraction of sp³-hybridized carbons (Fsp3) is 0.0370. The molecule has 0 unspecified atom stereocenters. The maximum atomic E-state index is 13.5. The lowest BCUT2D eigenvalue weighted by atomic mass is 10.0. The molecule has 2 aromatic heterocycles. The standard InChI is InChI=1S/C54H31F3N4O2/c1-32-3-13-40(14-4-32)60(43-21-11-39(59-2)12-22-43)44-17-7-34-25-46-48-29-53-49(30-52(48)62-50(46)27-36(34)23-44)47-26-35-8-18-45(24-37(35)28-51(47)63-53)61(41-15-5-33(31-58)6-16-41)42-19-9-38(10-20-42)54(55,56)57/h3-30H,1H3. The first-order valence-corrected chi connectivity index (χ1v) is 20.1. The van der Waals surface area contributed by atoms with Gasteiger partial charge in [0, 0.05) is 55.7 Å². The van der Waals surface area contributed by atoms with E-state index < -0.39 is 11.7 Å². The predicted molar refractivity (Wildman–Crippen MR) is 246 cm³/mol. The topological polar surface area (TPSA) is 60.9 Å². The van der Waals surface area contributed by atoms with Crippen LogP contribution in [0.3, 0.4) is 0 Å². The molecule has 0 aliphatic rings. The van der Waals surface area contributed by atoms with E-state index in [0.29, 0.717) is 33.8 Å². The van der Waals surface area contributed by atoms with Gasteiger partial charge in [0.1, 0.15) is 22.3 Å². The van der Waals surface area contributed by atoms with E-state index in [1.54, 1.807) is 24.3 Å². The van der Waals surface area contributed by atoms with Crippen molar-refractivity contribution >= 4 is 105 Å². The number of nitriles is 1. The van der Waals surface area contributed by atoms with Crippen LogP contribution in [0, 0.1) is 24.8 Å². The van der Waals surface area contributed by atoms with Crippen molar-refractivity contribution in [2.45, 2.75) is 13.1 Å². The SMILES string of the molecule is [C-]#[N+]c1ccc(N(c2ccc(C)cc2)c2ccc3cc4c(cc3c2)oc2cc3c(cc24)oc2cc4cc(N(c5ccc(C#N)cc5)c5ccc(C(F)(F)F)cc5)ccc4cc23)cc1. The van der Waals surface area contributed by atoms with E-state index in [4.69, 9.17) is 15.4 Å². The van der Waals surface area contributed by atoms with Gasteiger partial charge >= 0.3 is 6.18 Å². The van der Waals surface area contributed by atoms with Crippen molar-refractivity contribution in [2.24, 2.45) is 0 Å². The minimum Gasteiger partial charge on any atom is -0.456 e. The zero-order chi connectivity index (χ0) is 43.0. The second kappa shape index (κ2) is 14.3. The Labute approximate surface area is 358 Å². The average Bonchev–Trinajstić information content (AvgIpc) is 3.83. The molecule has 0 saturated heterocycles. The normalized spacial score (nSPS) is 11.8. The fourth-order valence-corrected chi connectivity index (χ4v) is 8.53. The van der Waals surface area contributed by atoms with Crippen LogP contribution < -0.4 is 9.80 Å². The Balaban J connectivity index is 0.984. The van der Waals surface area contributed by atoms with Gasteiger partial charge in [0.05, 0.1) is 23.8 Å². The summed E-state index contributed by atoms with van der Waals surface area (Å²) >= 11 is 0. The Morgan fingerprint density at radius 3 is 1.32 bits per heavy atom. The van der Waals surface area contributed by atoms with Gasteiger partial charge in [0.15, 0.2) is 5.69 Å². The van der Waals surface area contributed by atoms with Gasteiger partial charge in [-0.05, 0) is 162 Å². The quantitative estimate of drug-likeness (QED) is 0.156. The van der Waals surface area contributed by atoms with Crippen LogP contribution in [0.2, 0.25) is 0 Å². The number of furan rings is 2. The number of hydrogen-bond acceptors (Lipinski definition) is 5. The first kappa shape index (κ1) is 37.5. The monoisotopic (exact) mass is 824 g/mol. The molecule has 0 atom stereocenters. The number of aryl methyl sites for hydroxylation is 1. The number of rotatable bonds is 6. The molecule has 2 heterocycles. The van der Waals surface area contributed by atoms with Gasteiger partial charge in [-0.2, -0.15) is 18.4 Å². The van der Waals surface area contributed by atoms with Crippen LogP contribution in [0.4, 0.5) is 53.0 Å². The molecule has 0 aliphatic heterocycles. The minimum absolute atomic E-state index is 0.474. The molecule has 0 saturated carbocycles. The van der Waals surface area contributed by atoms with Gasteiger partial charge in [-0.25, -0.2) is 4.85 Å². The van der Waals surface area contributed by atoms with E-state index in [1.165, 1.54) is 17.7 Å². The summed E-state index contributed by atoms with van der Waals surface area (Å²) in [6.45, 7) is 9.49. The number of alkyl halides is 3. The molecular weight excluding hydrogens is 794 g/mol. The summed E-state index contributed by atoms with van der Waals surface area (Å²) in [5.74, 6) is 0. The second-order valence-electron chi connectivity index (χ2n) is 15.6. The molecule has 0 spiro atoms. The third-order valence-corrected chi connectivity index (χ3v) is 11.7. The van der Waals surface area contributed by atoms with E-state index in [9.17, 15) is 18.4 Å². The molecule has 11 rings (SSSR count). The third kappa shape index (κ3) is 6.51. The molecule has 0 aliphatic carbocycles. The largest absolute Gasteiger partial charge is 0.456 e. The molecule has 300 valence electrons. The summed E-state index contributed by atoms with van der Waals surface area (Å²) in [6, 6.07) is 54.8. The Bertz CT molecular complexity index is 3690. The molecule has 0 N–H and O–H groups in total. The number of nitrogens with zero attached hydrogens (tertiary/aromatic N) is 4. The molecule has 63 heavy (non-hydrogen) atoms. The first-order valence-electron chi connectivity index (χ1n) is 20.1. The third-order valence-electron chi connectivity index (χ3n) is 11.7. The molecule has 0 amide bonds. The van der Waals surface area contributed by atoms with E-state index in [1.807, 2.05) is 65.6 Å². The highest BCUT2D eigenvalue weighted by Gasteiger charge is 2.30. The van der Waals surface area contributed by atoms with Crippen molar-refractivity contribution in [2.75, 3.05) is 9.80 Å². The van der Waals surface area contributed by atoms with E-state index in [2.05, 4.69) is 83.4 Å². The van der Waals surface area contributed by atoms with Crippen LogP contribution in [-0.4, -0.2) is 0 Å². The lowest BCUT2D eigenvalue weighted by Crippen LogP contribution is -2.11. The number of fused-ring (bicyclic) bond motifs is 8. The zero-order valence-electron chi connectivity index (χ0n) is 33.4. The van der Waals surface area contributed by atoms with Gasteiger partial charge in [-0.1, -0.05) is 42.0 Å². The highest BCUT2D eigenvalue weighted by Crippen LogP contribution is 2.43. The Kier molecular flexibility index (Phi) is 8.50. The smallest absolute Gasteiger partial charge is 0.416 e. The van der Waals surface area contributed by atoms with Gasteiger partial charge in [0.2, 0.25) is 0 Å². The number of anilines is 6. The van der Waals surface area contributed by atoms with Crippen molar-refractivity contribution in [3.05, 3.63) is 198 Å². The van der Waals surface area contributed by atoms with Crippen LogP contribution in [-0.2, 0) is 6.18 Å². The molecular formula is C54H31F3N4O2. The van der Waals surface area contributed by atoms with E-state index in [-0.39, 0.29) is 0 Å². The summed E-state index contributed by atoms with van der Waals surface area (Å²) in [6.07, 6.45) is -4.46. The van der Waals surface area contributed by atoms with Crippen molar-refractivity contribution in [3.8, 4) is 6.07 Å². The Morgan fingerprint density at radius 1 is 0.476 bits per heavy atom. The number of hydrogen-bond donors (Lipinski definition) is 0. The number of halogens is 3. The van der Waals surface area contributed by atoms with Gasteiger partial charge in [-0.15, -0.1) is 0 Å². The van der Waals surface area contributed by atoms with E-state index >= 15 is 0 Å².